The lowest BCUT2D eigenvalue weighted by Gasteiger charge is -1.98. The molecule has 0 atom stereocenters. The van der Waals surface area contributed by atoms with Crippen molar-refractivity contribution in [3.05, 3.63) is 47.9 Å². The molecular formula is C12H20S. The molecule has 0 aromatic rings. The van der Waals surface area contributed by atoms with Crippen molar-refractivity contribution in [2.45, 2.75) is 27.2 Å². The van der Waals surface area contributed by atoms with E-state index < -0.39 is 0 Å². The molecule has 0 heterocycles. The van der Waals surface area contributed by atoms with E-state index >= 15 is 0 Å². The molecule has 0 N–H and O–H groups in total. The Morgan fingerprint density at radius 3 is 2.15 bits per heavy atom. The fraction of sp³-hybridized carbons (Fsp3) is 0.333. The van der Waals surface area contributed by atoms with Crippen LogP contribution in [0.15, 0.2) is 47.9 Å². The van der Waals surface area contributed by atoms with Gasteiger partial charge in [0.2, 0.25) is 0 Å². The number of rotatable bonds is 4. The van der Waals surface area contributed by atoms with Crippen LogP contribution in [0.4, 0.5) is 0 Å². The highest BCUT2D eigenvalue weighted by Gasteiger charge is 1.91. The Morgan fingerprint density at radius 2 is 1.85 bits per heavy atom. The topological polar surface area (TPSA) is 0 Å². The second-order valence-corrected chi connectivity index (χ2v) is 2.54. The van der Waals surface area contributed by atoms with Crippen molar-refractivity contribution in [3.8, 4) is 0 Å². The van der Waals surface area contributed by atoms with Crippen LogP contribution < -0.4 is 0 Å². The normalized spacial score (nSPS) is 11.4. The van der Waals surface area contributed by atoms with Gasteiger partial charge in [-0.05, 0) is 18.1 Å². The van der Waals surface area contributed by atoms with Crippen LogP contribution >= 0.6 is 12.6 Å². The Bertz CT molecular complexity index is 197. The molecule has 0 radical (unpaired) electrons. The fourth-order valence-corrected chi connectivity index (χ4v) is 1.01. The summed E-state index contributed by atoms with van der Waals surface area (Å²) < 4.78 is 0. The van der Waals surface area contributed by atoms with Crippen molar-refractivity contribution >= 4 is 12.6 Å². The van der Waals surface area contributed by atoms with Crippen molar-refractivity contribution in [2.75, 3.05) is 0 Å². The molecule has 0 rings (SSSR count). The standard InChI is InChI=1S/C10H14S.C2H6/c1-4-7-9(6-3)10(11)8-5-2;1-2/h5-8,11H,2-4H2,1H3;1-2H3/b9-7-,10-8+;. The van der Waals surface area contributed by atoms with Crippen molar-refractivity contribution in [1.82, 2.24) is 0 Å². The van der Waals surface area contributed by atoms with Crippen molar-refractivity contribution < 1.29 is 0 Å². The van der Waals surface area contributed by atoms with E-state index in [4.69, 9.17) is 0 Å². The first-order chi connectivity index (χ1) is 6.26. The zero-order chi connectivity index (χ0) is 10.7. The molecule has 0 aliphatic rings. The van der Waals surface area contributed by atoms with Crippen LogP contribution in [0, 0.1) is 0 Å². The molecule has 0 aromatic heterocycles. The molecule has 74 valence electrons. The van der Waals surface area contributed by atoms with Gasteiger partial charge >= 0.3 is 0 Å². The van der Waals surface area contributed by atoms with Crippen LogP contribution in [0.2, 0.25) is 0 Å². The summed E-state index contributed by atoms with van der Waals surface area (Å²) in [6.07, 6.45) is 8.44. The molecule has 1 heteroatoms. The maximum Gasteiger partial charge on any atom is 0.0109 e. The fourth-order valence-electron chi connectivity index (χ4n) is 0.720. The smallest absolute Gasteiger partial charge is 0.0109 e. The van der Waals surface area contributed by atoms with Crippen molar-refractivity contribution in [2.24, 2.45) is 0 Å². The van der Waals surface area contributed by atoms with E-state index in [2.05, 4.69) is 38.8 Å². The highest BCUT2D eigenvalue weighted by atomic mass is 32.1. The third-order valence-electron chi connectivity index (χ3n) is 1.22. The van der Waals surface area contributed by atoms with Gasteiger partial charge in [-0.3, -0.25) is 0 Å². The lowest BCUT2D eigenvalue weighted by atomic mass is 10.2. The molecule has 0 bridgehead atoms. The van der Waals surface area contributed by atoms with E-state index in [9.17, 15) is 0 Å². The summed E-state index contributed by atoms with van der Waals surface area (Å²) in [5.41, 5.74) is 1.07. The molecule has 0 fully saturated rings. The highest BCUT2D eigenvalue weighted by Crippen LogP contribution is 2.15. The molecule has 0 aliphatic carbocycles. The van der Waals surface area contributed by atoms with Gasteiger partial charge < -0.3 is 0 Å². The van der Waals surface area contributed by atoms with Gasteiger partial charge in [0.05, 0.1) is 0 Å². The predicted molar refractivity (Wildman–Crippen MR) is 67.2 cm³/mol. The zero-order valence-corrected chi connectivity index (χ0v) is 9.77. The average molecular weight is 196 g/mol. The summed E-state index contributed by atoms with van der Waals surface area (Å²) in [5.74, 6) is 0. The molecule has 0 saturated carbocycles. The van der Waals surface area contributed by atoms with E-state index in [0.29, 0.717) is 0 Å². The van der Waals surface area contributed by atoms with Crippen LogP contribution in [-0.2, 0) is 0 Å². The minimum absolute atomic E-state index is 0.914. The quantitative estimate of drug-likeness (QED) is 0.495. The molecule has 0 spiro atoms. The molecule has 0 aromatic carbocycles. The second kappa shape index (κ2) is 11.3. The Balaban J connectivity index is 0. The first-order valence-electron chi connectivity index (χ1n) is 4.60. The lowest BCUT2D eigenvalue weighted by Crippen LogP contribution is -1.76. The van der Waals surface area contributed by atoms with Gasteiger partial charge in [0.15, 0.2) is 0 Å². The van der Waals surface area contributed by atoms with Crippen LogP contribution in [-0.4, -0.2) is 0 Å². The van der Waals surface area contributed by atoms with Crippen molar-refractivity contribution in [3.63, 3.8) is 0 Å². The summed E-state index contributed by atoms with van der Waals surface area (Å²) >= 11 is 4.27. The van der Waals surface area contributed by atoms with Gasteiger partial charge in [-0.1, -0.05) is 52.2 Å². The first kappa shape index (κ1) is 14.8. The van der Waals surface area contributed by atoms with E-state index in [1.165, 1.54) is 0 Å². The molecule has 13 heavy (non-hydrogen) atoms. The van der Waals surface area contributed by atoms with E-state index in [-0.39, 0.29) is 0 Å². The predicted octanol–water partition coefficient (Wildman–Crippen LogP) is 4.53. The monoisotopic (exact) mass is 196 g/mol. The van der Waals surface area contributed by atoms with Gasteiger partial charge in [0.1, 0.15) is 0 Å². The third kappa shape index (κ3) is 7.66. The van der Waals surface area contributed by atoms with E-state index in [0.717, 1.165) is 16.9 Å². The summed E-state index contributed by atoms with van der Waals surface area (Å²) in [6.45, 7) is 13.4. The largest absolute Gasteiger partial charge is 0.143 e. The maximum atomic E-state index is 4.27. The third-order valence-corrected chi connectivity index (χ3v) is 1.62. The Hall–Kier alpha value is -0.690. The van der Waals surface area contributed by atoms with Crippen LogP contribution in [0.25, 0.3) is 0 Å². The minimum Gasteiger partial charge on any atom is -0.143 e. The van der Waals surface area contributed by atoms with Gasteiger partial charge in [0.25, 0.3) is 0 Å². The van der Waals surface area contributed by atoms with Gasteiger partial charge in [0, 0.05) is 4.91 Å². The van der Waals surface area contributed by atoms with E-state index in [1.807, 2.05) is 19.9 Å². The summed E-state index contributed by atoms with van der Waals surface area (Å²) in [4.78, 5) is 0.914. The van der Waals surface area contributed by atoms with Crippen LogP contribution in [0.1, 0.15) is 27.2 Å². The van der Waals surface area contributed by atoms with Gasteiger partial charge in [-0.2, -0.15) is 0 Å². The molecular weight excluding hydrogens is 176 g/mol. The zero-order valence-electron chi connectivity index (χ0n) is 8.88. The average Bonchev–Trinajstić information content (AvgIpc) is 2.17. The molecule has 0 amide bonds. The van der Waals surface area contributed by atoms with Crippen LogP contribution in [0.3, 0.4) is 0 Å². The maximum absolute atomic E-state index is 4.27. The summed E-state index contributed by atoms with van der Waals surface area (Å²) in [7, 11) is 0. The molecule has 0 saturated heterocycles. The molecule has 0 unspecified atom stereocenters. The van der Waals surface area contributed by atoms with Crippen molar-refractivity contribution in [1.29, 1.82) is 0 Å². The van der Waals surface area contributed by atoms with Gasteiger partial charge in [-0.15, -0.1) is 12.6 Å². The first-order valence-corrected chi connectivity index (χ1v) is 5.05. The van der Waals surface area contributed by atoms with E-state index in [1.54, 1.807) is 12.2 Å². The van der Waals surface area contributed by atoms with Gasteiger partial charge in [-0.25, -0.2) is 0 Å². The summed E-state index contributed by atoms with van der Waals surface area (Å²) in [6, 6.07) is 0. The molecule has 0 nitrogen and oxygen atoms in total. The number of allylic oxidation sites excluding steroid dienone is 5. The Morgan fingerprint density at radius 1 is 1.31 bits per heavy atom. The number of hydrogen-bond acceptors (Lipinski definition) is 1. The number of hydrogen-bond donors (Lipinski definition) is 1. The second-order valence-electron chi connectivity index (χ2n) is 2.06. The number of thiol groups is 1. The SMILES string of the molecule is C=C/C=C(S)\C(C=C)=C/CC.CC. The molecule has 0 aliphatic heterocycles. The van der Waals surface area contributed by atoms with Crippen LogP contribution in [0.5, 0.6) is 0 Å². The summed E-state index contributed by atoms with van der Waals surface area (Å²) in [5, 5.41) is 0. The minimum atomic E-state index is 0.914. The lowest BCUT2D eigenvalue weighted by molar-refractivity contribution is 1.21. The Kier molecular flexibility index (Phi) is 12.9. The highest BCUT2D eigenvalue weighted by molar-refractivity contribution is 7.84. The Labute approximate surface area is 88.2 Å².